The van der Waals surface area contributed by atoms with Gasteiger partial charge in [0.25, 0.3) is 0 Å². The SMILES string of the molecule is CC(=O)N1C=Cc2ccccc2C1CC(=O)Oc1ccc(N2CCCC2=O)cc1. The van der Waals surface area contributed by atoms with E-state index in [-0.39, 0.29) is 18.2 Å². The Hall–Kier alpha value is -3.41. The van der Waals surface area contributed by atoms with Crippen LogP contribution in [0.2, 0.25) is 0 Å². The fourth-order valence-corrected chi connectivity index (χ4v) is 3.86. The smallest absolute Gasteiger partial charge is 0.313 e. The van der Waals surface area contributed by atoms with Gasteiger partial charge in [0.05, 0.1) is 12.5 Å². The van der Waals surface area contributed by atoms with Crippen molar-refractivity contribution in [2.24, 2.45) is 0 Å². The van der Waals surface area contributed by atoms with Crippen molar-refractivity contribution in [3.8, 4) is 5.75 Å². The summed E-state index contributed by atoms with van der Waals surface area (Å²) in [4.78, 5) is 39.8. The largest absolute Gasteiger partial charge is 0.426 e. The highest BCUT2D eigenvalue weighted by atomic mass is 16.5. The molecule has 6 heteroatoms. The topological polar surface area (TPSA) is 66.9 Å². The van der Waals surface area contributed by atoms with E-state index in [1.165, 1.54) is 6.92 Å². The molecule has 0 bridgehead atoms. The number of anilines is 1. The number of carbonyl (C=O) groups is 3. The highest BCUT2D eigenvalue weighted by Crippen LogP contribution is 2.33. The van der Waals surface area contributed by atoms with Crippen molar-refractivity contribution < 1.29 is 19.1 Å². The fourth-order valence-electron chi connectivity index (χ4n) is 3.86. The standard InChI is InChI=1S/C23H22N2O4/c1-16(26)24-14-12-17-5-2-3-6-20(17)21(24)15-23(28)29-19-10-8-18(9-11-19)25-13-4-7-22(25)27/h2-3,5-6,8-12,14,21H,4,7,13,15H2,1H3. The van der Waals surface area contributed by atoms with Crippen LogP contribution in [-0.4, -0.2) is 29.2 Å². The van der Waals surface area contributed by atoms with Gasteiger partial charge in [-0.3, -0.25) is 14.4 Å². The molecule has 0 aromatic heterocycles. The number of hydrogen-bond donors (Lipinski definition) is 0. The maximum atomic E-state index is 12.6. The second kappa shape index (κ2) is 7.91. The maximum absolute atomic E-state index is 12.6. The van der Waals surface area contributed by atoms with Crippen LogP contribution in [0.1, 0.15) is 43.4 Å². The Morgan fingerprint density at radius 2 is 1.86 bits per heavy atom. The number of fused-ring (bicyclic) bond motifs is 1. The predicted molar refractivity (Wildman–Crippen MR) is 109 cm³/mol. The fraction of sp³-hybridized carbons (Fsp3) is 0.261. The molecule has 0 N–H and O–H groups in total. The lowest BCUT2D eigenvalue weighted by atomic mass is 9.94. The molecule has 6 nitrogen and oxygen atoms in total. The molecule has 2 aromatic carbocycles. The Kier molecular flexibility index (Phi) is 5.16. The van der Waals surface area contributed by atoms with Gasteiger partial charge in [-0.05, 0) is 47.9 Å². The molecule has 2 amide bonds. The molecule has 2 aromatic rings. The van der Waals surface area contributed by atoms with E-state index in [2.05, 4.69) is 0 Å². The Labute approximate surface area is 169 Å². The number of esters is 1. The third-order valence-corrected chi connectivity index (χ3v) is 5.28. The van der Waals surface area contributed by atoms with Crippen molar-refractivity contribution >= 4 is 29.5 Å². The molecule has 4 rings (SSSR count). The van der Waals surface area contributed by atoms with Crippen molar-refractivity contribution in [1.29, 1.82) is 0 Å². The Morgan fingerprint density at radius 1 is 1.10 bits per heavy atom. The minimum Gasteiger partial charge on any atom is -0.426 e. The van der Waals surface area contributed by atoms with E-state index in [9.17, 15) is 14.4 Å². The Balaban J connectivity index is 1.46. The second-order valence-electron chi connectivity index (χ2n) is 7.21. The molecule has 1 saturated heterocycles. The van der Waals surface area contributed by atoms with Crippen molar-refractivity contribution in [2.45, 2.75) is 32.2 Å². The third kappa shape index (κ3) is 3.92. The quantitative estimate of drug-likeness (QED) is 0.590. The Bertz CT molecular complexity index is 981. The number of hydrogen-bond acceptors (Lipinski definition) is 4. The number of ether oxygens (including phenoxy) is 1. The van der Waals surface area contributed by atoms with Crippen LogP contribution in [0.25, 0.3) is 6.08 Å². The van der Waals surface area contributed by atoms with Crippen LogP contribution < -0.4 is 9.64 Å². The zero-order valence-corrected chi connectivity index (χ0v) is 16.2. The van der Waals surface area contributed by atoms with E-state index < -0.39 is 12.0 Å². The molecule has 1 unspecified atom stereocenters. The van der Waals surface area contributed by atoms with E-state index >= 15 is 0 Å². The van der Waals surface area contributed by atoms with E-state index in [0.717, 1.165) is 23.2 Å². The minimum absolute atomic E-state index is 0.0489. The average molecular weight is 390 g/mol. The van der Waals surface area contributed by atoms with Crippen LogP contribution in [0.15, 0.2) is 54.7 Å². The van der Waals surface area contributed by atoms with Crippen LogP contribution in [0.3, 0.4) is 0 Å². The molecule has 0 aliphatic carbocycles. The number of benzene rings is 2. The molecular formula is C23H22N2O4. The first kappa shape index (κ1) is 18.9. The minimum atomic E-state index is -0.420. The van der Waals surface area contributed by atoms with E-state index in [4.69, 9.17) is 4.74 Å². The molecule has 1 fully saturated rings. The average Bonchev–Trinajstić information content (AvgIpc) is 3.14. The van der Waals surface area contributed by atoms with Crippen LogP contribution >= 0.6 is 0 Å². The molecule has 148 valence electrons. The highest BCUT2D eigenvalue weighted by Gasteiger charge is 2.29. The first-order chi connectivity index (χ1) is 14.0. The summed E-state index contributed by atoms with van der Waals surface area (Å²) in [5, 5.41) is 0. The van der Waals surface area contributed by atoms with Gasteiger partial charge in [0.1, 0.15) is 5.75 Å². The highest BCUT2D eigenvalue weighted by molar-refractivity contribution is 5.95. The first-order valence-electron chi connectivity index (χ1n) is 9.70. The number of nitrogens with zero attached hydrogens (tertiary/aromatic N) is 2. The summed E-state index contributed by atoms with van der Waals surface area (Å²) in [6.07, 6.45) is 5.06. The lowest BCUT2D eigenvalue weighted by Crippen LogP contribution is -2.33. The molecule has 0 spiro atoms. The normalized spacial score (nSPS) is 18.0. The van der Waals surface area contributed by atoms with Gasteiger partial charge in [0, 0.05) is 31.8 Å². The first-order valence-corrected chi connectivity index (χ1v) is 9.70. The van der Waals surface area contributed by atoms with Crippen molar-refractivity contribution in [3.05, 3.63) is 65.9 Å². The summed E-state index contributed by atoms with van der Waals surface area (Å²) in [6.45, 7) is 2.20. The van der Waals surface area contributed by atoms with Crippen LogP contribution in [-0.2, 0) is 14.4 Å². The van der Waals surface area contributed by atoms with E-state index in [1.54, 1.807) is 40.3 Å². The van der Waals surface area contributed by atoms with Gasteiger partial charge < -0.3 is 14.5 Å². The predicted octanol–water partition coefficient (Wildman–Crippen LogP) is 3.68. The zero-order valence-electron chi connectivity index (χ0n) is 16.2. The summed E-state index contributed by atoms with van der Waals surface area (Å²) < 4.78 is 5.50. The summed E-state index contributed by atoms with van der Waals surface area (Å²) >= 11 is 0. The van der Waals surface area contributed by atoms with E-state index in [0.29, 0.717) is 18.7 Å². The van der Waals surface area contributed by atoms with Gasteiger partial charge in [-0.15, -0.1) is 0 Å². The maximum Gasteiger partial charge on any atom is 0.313 e. The molecule has 2 heterocycles. The molecule has 0 radical (unpaired) electrons. The van der Waals surface area contributed by atoms with E-state index in [1.807, 2.05) is 30.3 Å². The lowest BCUT2D eigenvalue weighted by Gasteiger charge is -2.32. The number of carbonyl (C=O) groups excluding carboxylic acids is 3. The molecular weight excluding hydrogens is 368 g/mol. The van der Waals surface area contributed by atoms with Crippen LogP contribution in [0, 0.1) is 0 Å². The molecule has 2 aliphatic heterocycles. The van der Waals surface area contributed by atoms with Gasteiger partial charge >= 0.3 is 5.97 Å². The van der Waals surface area contributed by atoms with Crippen molar-refractivity contribution in [2.75, 3.05) is 11.4 Å². The van der Waals surface area contributed by atoms with Gasteiger partial charge in [0.15, 0.2) is 0 Å². The molecule has 1 atom stereocenters. The summed E-state index contributed by atoms with van der Waals surface area (Å²) in [7, 11) is 0. The summed E-state index contributed by atoms with van der Waals surface area (Å²) in [5.41, 5.74) is 2.72. The lowest BCUT2D eigenvalue weighted by molar-refractivity contribution is -0.137. The molecule has 29 heavy (non-hydrogen) atoms. The number of amides is 2. The van der Waals surface area contributed by atoms with Crippen molar-refractivity contribution in [3.63, 3.8) is 0 Å². The van der Waals surface area contributed by atoms with Gasteiger partial charge in [-0.2, -0.15) is 0 Å². The van der Waals surface area contributed by atoms with Gasteiger partial charge in [-0.1, -0.05) is 24.3 Å². The van der Waals surface area contributed by atoms with Gasteiger partial charge in [0.2, 0.25) is 11.8 Å². The summed E-state index contributed by atoms with van der Waals surface area (Å²) in [6, 6.07) is 14.3. The van der Waals surface area contributed by atoms with Crippen LogP contribution in [0.5, 0.6) is 5.75 Å². The van der Waals surface area contributed by atoms with Crippen LogP contribution in [0.4, 0.5) is 5.69 Å². The second-order valence-corrected chi connectivity index (χ2v) is 7.21. The molecule has 0 saturated carbocycles. The Morgan fingerprint density at radius 3 is 2.55 bits per heavy atom. The van der Waals surface area contributed by atoms with Gasteiger partial charge in [-0.25, -0.2) is 0 Å². The zero-order chi connectivity index (χ0) is 20.4. The number of rotatable bonds is 4. The summed E-state index contributed by atoms with van der Waals surface area (Å²) in [5.74, 6) is -0.0213. The monoisotopic (exact) mass is 390 g/mol. The van der Waals surface area contributed by atoms with Crippen molar-refractivity contribution in [1.82, 2.24) is 4.90 Å². The third-order valence-electron chi connectivity index (χ3n) is 5.28. The molecule has 2 aliphatic rings.